The maximum atomic E-state index is 2.45. The van der Waals surface area contributed by atoms with Gasteiger partial charge in [-0.25, -0.2) is 0 Å². The highest BCUT2D eigenvalue weighted by molar-refractivity contribution is 6.34. The second-order valence-corrected chi connectivity index (χ2v) is 17.1. The van der Waals surface area contributed by atoms with Gasteiger partial charge in [-0.15, -0.1) is 0 Å². The van der Waals surface area contributed by atoms with Crippen molar-refractivity contribution in [2.24, 2.45) is 0 Å². The van der Waals surface area contributed by atoms with Crippen molar-refractivity contribution in [3.8, 4) is 89.0 Å². The number of benzene rings is 12. The third kappa shape index (κ3) is 12.6. The van der Waals surface area contributed by atoms with Crippen molar-refractivity contribution in [2.45, 2.75) is 83.1 Å². The maximum absolute atomic E-state index is 2.45. The van der Waals surface area contributed by atoms with Crippen molar-refractivity contribution in [1.82, 2.24) is 0 Å². The second-order valence-electron chi connectivity index (χ2n) is 17.1. The average molecular weight is 1020 g/mol. The monoisotopic (exact) mass is 1020 g/mol. The van der Waals surface area contributed by atoms with E-state index in [1.54, 1.807) is 0 Å². The van der Waals surface area contributed by atoms with Crippen LogP contribution < -0.4 is 0 Å². The zero-order chi connectivity index (χ0) is 55.8. The zero-order valence-corrected chi connectivity index (χ0v) is 48.4. The van der Waals surface area contributed by atoms with Crippen LogP contribution in [0.1, 0.15) is 83.1 Å². The second kappa shape index (κ2) is 30.2. The first kappa shape index (κ1) is 58.7. The van der Waals surface area contributed by atoms with Crippen LogP contribution >= 0.6 is 0 Å². The highest BCUT2D eigenvalue weighted by Gasteiger charge is 2.27. The smallest absolute Gasteiger partial charge is 0.000139 e. The molecule has 0 saturated carbocycles. The van der Waals surface area contributed by atoms with E-state index in [9.17, 15) is 0 Å². The van der Waals surface area contributed by atoms with E-state index in [4.69, 9.17) is 0 Å². The van der Waals surface area contributed by atoms with E-state index >= 15 is 0 Å². The highest BCUT2D eigenvalue weighted by atomic mass is 14.3. The molecule has 0 aliphatic heterocycles. The number of hydrogen-bond acceptors (Lipinski definition) is 0. The maximum Gasteiger partial charge on any atom is -0.000139 e. The lowest BCUT2D eigenvalue weighted by molar-refractivity contribution is 1.50. The Morgan fingerprint density at radius 1 is 0.141 bits per heavy atom. The van der Waals surface area contributed by atoms with Crippen molar-refractivity contribution in [3.05, 3.63) is 267 Å². The van der Waals surface area contributed by atoms with Gasteiger partial charge in [0.05, 0.1) is 0 Å². The van der Waals surface area contributed by atoms with Crippen molar-refractivity contribution in [1.29, 1.82) is 0 Å². The van der Waals surface area contributed by atoms with Gasteiger partial charge in [-0.2, -0.15) is 0 Å². The molecule has 0 aliphatic rings. The minimum absolute atomic E-state index is 1.18. The lowest BCUT2D eigenvalue weighted by Gasteiger charge is -2.26. The normalized spacial score (nSPS) is 10.1. The van der Waals surface area contributed by atoms with E-state index in [0.717, 1.165) is 0 Å². The third-order valence-electron chi connectivity index (χ3n) is 13.3. The quantitative estimate of drug-likeness (QED) is 0.133. The summed E-state index contributed by atoms with van der Waals surface area (Å²) in [6, 6.07) is 98.1. The summed E-state index contributed by atoms with van der Waals surface area (Å²) in [6.07, 6.45) is 0. The highest BCUT2D eigenvalue weighted by Crippen LogP contribution is 2.54. The van der Waals surface area contributed by atoms with Gasteiger partial charge in [0.1, 0.15) is 0 Å². The van der Waals surface area contributed by atoms with Gasteiger partial charge in [0, 0.05) is 0 Å². The van der Waals surface area contributed by atoms with Crippen molar-refractivity contribution < 1.29 is 0 Å². The van der Waals surface area contributed by atoms with E-state index < -0.39 is 0 Å². The number of rotatable bonds is 8. The molecule has 0 atom stereocenters. The fraction of sp³-hybridized carbons (Fsp3) is 0.154. The molecular formula is C78H80. The van der Waals surface area contributed by atoms with Gasteiger partial charge in [0.25, 0.3) is 0 Å². The van der Waals surface area contributed by atoms with Crippen LogP contribution in [0.15, 0.2) is 267 Å². The Morgan fingerprint density at radius 2 is 0.308 bits per heavy atom. The molecule has 0 heterocycles. The van der Waals surface area contributed by atoms with E-state index in [2.05, 4.69) is 267 Å². The predicted octanol–water partition coefficient (Wildman–Crippen LogP) is 24.6. The summed E-state index contributed by atoms with van der Waals surface area (Å²) in [7, 11) is 0. The molecule has 78 heavy (non-hydrogen) atoms. The topological polar surface area (TPSA) is 0 Å². The van der Waals surface area contributed by atoms with Crippen LogP contribution in [0.3, 0.4) is 0 Å². The van der Waals surface area contributed by atoms with E-state index in [1.165, 1.54) is 121 Å². The Hall–Kier alpha value is -8.58. The molecule has 12 aromatic carbocycles. The molecule has 392 valence electrons. The lowest BCUT2D eigenvalue weighted by atomic mass is 9.76. The zero-order valence-electron chi connectivity index (χ0n) is 48.4. The Labute approximate surface area is 468 Å². The summed E-state index contributed by atoms with van der Waals surface area (Å²) < 4.78 is 0. The average Bonchev–Trinajstić information content (AvgIpc) is 3.66. The van der Waals surface area contributed by atoms with Gasteiger partial charge in [0.15, 0.2) is 0 Å². The predicted molar refractivity (Wildman–Crippen MR) is 351 cm³/mol. The molecule has 0 nitrogen and oxygen atoms in total. The van der Waals surface area contributed by atoms with Crippen LogP contribution in [-0.2, 0) is 0 Å². The van der Waals surface area contributed by atoms with Crippen LogP contribution in [0.4, 0.5) is 0 Å². The SMILES string of the molecule is CC.CC.CC.CC.CC.CC.c1ccc(-c2ccc(-c3c4ccc(-c5ccccc5)cc4c(-c4ccccc4)c4c(-c5ccc(-c6ccccc6)cc5)c5ccc(-c6ccccc6)cc5c(-c5ccccc5)c34)cc2)cc1. The molecular weight excluding hydrogens is 937 g/mol. The summed E-state index contributed by atoms with van der Waals surface area (Å²) in [5, 5.41) is 7.36. The molecule has 0 saturated heterocycles. The van der Waals surface area contributed by atoms with Crippen molar-refractivity contribution in [3.63, 3.8) is 0 Å². The largest absolute Gasteiger partial charge is 0.0683 e. The molecule has 0 N–H and O–H groups in total. The Balaban J connectivity index is 0.000000770. The summed E-state index contributed by atoms with van der Waals surface area (Å²) in [5.41, 5.74) is 19.2. The van der Waals surface area contributed by atoms with Gasteiger partial charge in [-0.3, -0.25) is 0 Å². The fourth-order valence-electron chi connectivity index (χ4n) is 10.2. The van der Waals surface area contributed by atoms with E-state index in [1.807, 2.05) is 83.1 Å². The van der Waals surface area contributed by atoms with Crippen LogP contribution in [0.25, 0.3) is 121 Å². The Kier molecular flexibility index (Phi) is 22.7. The van der Waals surface area contributed by atoms with Gasteiger partial charge in [-0.1, -0.05) is 338 Å². The van der Waals surface area contributed by atoms with Crippen molar-refractivity contribution >= 4 is 32.3 Å². The van der Waals surface area contributed by atoms with Gasteiger partial charge in [0.2, 0.25) is 0 Å². The molecule has 0 aromatic heterocycles. The minimum Gasteiger partial charge on any atom is -0.0683 e. The minimum atomic E-state index is 1.18. The van der Waals surface area contributed by atoms with Crippen LogP contribution in [0, 0.1) is 0 Å². The van der Waals surface area contributed by atoms with Crippen molar-refractivity contribution in [2.75, 3.05) is 0 Å². The molecule has 12 rings (SSSR count). The van der Waals surface area contributed by atoms with Crippen LogP contribution in [-0.4, -0.2) is 0 Å². The summed E-state index contributed by atoms with van der Waals surface area (Å²) >= 11 is 0. The summed E-state index contributed by atoms with van der Waals surface area (Å²) in [5.74, 6) is 0. The first-order valence-electron chi connectivity index (χ1n) is 28.8. The molecule has 0 unspecified atom stereocenters. The van der Waals surface area contributed by atoms with E-state index in [-0.39, 0.29) is 0 Å². The number of hydrogen-bond donors (Lipinski definition) is 0. The summed E-state index contributed by atoms with van der Waals surface area (Å²) in [4.78, 5) is 0. The molecule has 0 aliphatic carbocycles. The first-order valence-corrected chi connectivity index (χ1v) is 28.8. The third-order valence-corrected chi connectivity index (χ3v) is 13.3. The van der Waals surface area contributed by atoms with E-state index in [0.29, 0.717) is 0 Å². The molecule has 0 spiro atoms. The molecule has 12 aromatic rings. The Morgan fingerprint density at radius 3 is 0.564 bits per heavy atom. The van der Waals surface area contributed by atoms with Gasteiger partial charge < -0.3 is 0 Å². The standard InChI is InChI=1S/C66H44.6C2H6/c1-7-19-45(20-8-1)49-31-35-53(36-32-49)61-57-41-39-55(47-23-11-3-12-24-47)43-59(57)64(52-29-17-6-18-30-52)66-62(54-37-33-50(34-38-54)46-21-9-2-10-22-46)58-42-40-56(48-25-13-4-14-26-48)44-60(58)63(65(61)66)51-27-15-5-16-28-51;6*1-2/h1-44H;6*1-2H3. The molecule has 0 radical (unpaired) electrons. The molecule has 0 bridgehead atoms. The van der Waals surface area contributed by atoms with Crippen LogP contribution in [0.2, 0.25) is 0 Å². The van der Waals surface area contributed by atoms with Gasteiger partial charge in [-0.05, 0) is 133 Å². The first-order chi connectivity index (χ1) is 38.8. The number of fused-ring (bicyclic) bond motifs is 3. The van der Waals surface area contributed by atoms with Crippen LogP contribution in [0.5, 0.6) is 0 Å². The van der Waals surface area contributed by atoms with Gasteiger partial charge >= 0.3 is 0 Å². The molecule has 0 heteroatoms. The molecule has 0 fully saturated rings. The summed E-state index contributed by atoms with van der Waals surface area (Å²) in [6.45, 7) is 24.0. The molecule has 0 amide bonds. The Bertz CT molecular complexity index is 3410. The fourth-order valence-corrected chi connectivity index (χ4v) is 10.2. The lowest BCUT2D eigenvalue weighted by Crippen LogP contribution is -1.98.